The summed E-state index contributed by atoms with van der Waals surface area (Å²) in [6.45, 7) is 4.26. The Morgan fingerprint density at radius 3 is 2.63 bits per heavy atom. The molecule has 27 heavy (non-hydrogen) atoms. The van der Waals surface area contributed by atoms with Crippen molar-refractivity contribution in [1.29, 1.82) is 0 Å². The molecule has 0 atom stereocenters. The predicted molar refractivity (Wildman–Crippen MR) is 104 cm³/mol. The number of hydrogen-bond acceptors (Lipinski definition) is 6. The summed E-state index contributed by atoms with van der Waals surface area (Å²) in [6.07, 6.45) is 3.05. The largest absolute Gasteiger partial charge is 0.493 e. The van der Waals surface area contributed by atoms with Gasteiger partial charge in [-0.25, -0.2) is 4.98 Å². The molecule has 2 aliphatic heterocycles. The van der Waals surface area contributed by atoms with Crippen molar-refractivity contribution in [2.24, 2.45) is 0 Å². The Hall–Kier alpha value is -2.54. The highest BCUT2D eigenvalue weighted by Gasteiger charge is 2.23. The first-order valence-electron chi connectivity index (χ1n) is 9.48. The van der Waals surface area contributed by atoms with Crippen LogP contribution in [0.15, 0.2) is 23.0 Å². The fourth-order valence-electron chi connectivity index (χ4n) is 3.93. The van der Waals surface area contributed by atoms with E-state index in [0.29, 0.717) is 6.54 Å². The Labute approximate surface area is 158 Å². The van der Waals surface area contributed by atoms with E-state index in [1.807, 2.05) is 12.1 Å². The van der Waals surface area contributed by atoms with E-state index >= 15 is 0 Å². The highest BCUT2D eigenvalue weighted by atomic mass is 16.5. The molecule has 1 N–H and O–H groups in total. The number of benzene rings is 1. The number of nitrogens with one attached hydrogen (secondary N) is 1. The summed E-state index contributed by atoms with van der Waals surface area (Å²) in [4.78, 5) is 24.8. The van der Waals surface area contributed by atoms with Crippen LogP contribution >= 0.6 is 0 Å². The van der Waals surface area contributed by atoms with Gasteiger partial charge in [-0.15, -0.1) is 0 Å². The van der Waals surface area contributed by atoms with E-state index in [1.165, 1.54) is 0 Å². The number of anilines is 1. The molecule has 0 saturated carbocycles. The number of methoxy groups -OCH3 is 2. The van der Waals surface area contributed by atoms with Gasteiger partial charge in [-0.05, 0) is 37.0 Å². The maximum absolute atomic E-state index is 12.5. The number of rotatable bonds is 5. The van der Waals surface area contributed by atoms with Gasteiger partial charge in [0.05, 0.1) is 19.9 Å². The van der Waals surface area contributed by atoms with Gasteiger partial charge in [0, 0.05) is 38.3 Å². The third kappa shape index (κ3) is 3.64. The molecule has 1 aromatic heterocycles. The van der Waals surface area contributed by atoms with Crippen LogP contribution in [0.3, 0.4) is 0 Å². The molecule has 0 spiro atoms. The maximum atomic E-state index is 12.5. The molecular weight excluding hydrogens is 344 g/mol. The Bertz CT molecular complexity index is 874. The van der Waals surface area contributed by atoms with Crippen LogP contribution in [0.1, 0.15) is 29.7 Å². The highest BCUT2D eigenvalue weighted by Crippen LogP contribution is 2.29. The number of H-pyrrole nitrogens is 1. The summed E-state index contributed by atoms with van der Waals surface area (Å²) in [6, 6.07) is 5.99. The average molecular weight is 370 g/mol. The summed E-state index contributed by atoms with van der Waals surface area (Å²) in [5, 5.41) is 0. The topological polar surface area (TPSA) is 70.7 Å². The molecule has 1 aromatic carbocycles. The van der Waals surface area contributed by atoms with Crippen molar-refractivity contribution in [2.75, 3.05) is 38.8 Å². The minimum absolute atomic E-state index is 0.0210. The lowest BCUT2D eigenvalue weighted by molar-refractivity contribution is 0.240. The molecule has 3 heterocycles. The minimum Gasteiger partial charge on any atom is -0.493 e. The molecule has 0 amide bonds. The predicted octanol–water partition coefficient (Wildman–Crippen LogP) is 1.95. The zero-order valence-corrected chi connectivity index (χ0v) is 16.0. The summed E-state index contributed by atoms with van der Waals surface area (Å²) >= 11 is 0. The number of aromatic nitrogens is 2. The molecule has 2 aliphatic rings. The first kappa shape index (κ1) is 17.9. The smallest absolute Gasteiger partial charge is 0.255 e. The Morgan fingerprint density at radius 1 is 1.11 bits per heavy atom. The molecule has 144 valence electrons. The summed E-state index contributed by atoms with van der Waals surface area (Å²) in [5.41, 5.74) is 2.92. The summed E-state index contributed by atoms with van der Waals surface area (Å²) in [7, 11) is 3.29. The number of aromatic amines is 1. The van der Waals surface area contributed by atoms with E-state index in [9.17, 15) is 4.79 Å². The van der Waals surface area contributed by atoms with Gasteiger partial charge in [0.25, 0.3) is 5.56 Å². The van der Waals surface area contributed by atoms with Gasteiger partial charge in [0.2, 0.25) is 5.95 Å². The zero-order chi connectivity index (χ0) is 18.8. The van der Waals surface area contributed by atoms with E-state index in [1.54, 1.807) is 14.2 Å². The monoisotopic (exact) mass is 370 g/mol. The Kier molecular flexibility index (Phi) is 5.03. The van der Waals surface area contributed by atoms with Gasteiger partial charge >= 0.3 is 0 Å². The molecule has 7 heteroatoms. The van der Waals surface area contributed by atoms with Gasteiger partial charge in [0.15, 0.2) is 11.5 Å². The van der Waals surface area contributed by atoms with Crippen LogP contribution in [-0.4, -0.2) is 48.7 Å². The van der Waals surface area contributed by atoms with Crippen molar-refractivity contribution >= 4 is 5.95 Å². The molecular formula is C20H26N4O3. The second-order valence-electron chi connectivity index (χ2n) is 7.16. The highest BCUT2D eigenvalue weighted by molar-refractivity contribution is 5.43. The minimum atomic E-state index is 0.0210. The molecule has 0 aliphatic carbocycles. The van der Waals surface area contributed by atoms with Gasteiger partial charge in [-0.2, -0.15) is 0 Å². The molecule has 2 aromatic rings. The second kappa shape index (κ2) is 7.60. The molecule has 7 nitrogen and oxygen atoms in total. The SMILES string of the molecule is COc1ccc(CN2CCc3c(nc(N4CCCC4)[nH]c3=O)C2)cc1OC. The van der Waals surface area contributed by atoms with Crippen molar-refractivity contribution in [1.82, 2.24) is 14.9 Å². The number of fused-ring (bicyclic) bond motifs is 1. The summed E-state index contributed by atoms with van der Waals surface area (Å²) < 4.78 is 10.7. The van der Waals surface area contributed by atoms with E-state index < -0.39 is 0 Å². The van der Waals surface area contributed by atoms with Gasteiger partial charge in [0.1, 0.15) is 0 Å². The lowest BCUT2D eigenvalue weighted by Gasteiger charge is -2.28. The van der Waals surface area contributed by atoms with Crippen molar-refractivity contribution in [3.8, 4) is 11.5 Å². The molecule has 0 bridgehead atoms. The van der Waals surface area contributed by atoms with E-state index in [4.69, 9.17) is 14.5 Å². The zero-order valence-electron chi connectivity index (χ0n) is 16.0. The van der Waals surface area contributed by atoms with E-state index in [2.05, 4.69) is 20.9 Å². The lowest BCUT2D eigenvalue weighted by Crippen LogP contribution is -2.36. The number of ether oxygens (including phenoxy) is 2. The van der Waals surface area contributed by atoms with Crippen molar-refractivity contribution in [3.63, 3.8) is 0 Å². The first-order chi connectivity index (χ1) is 13.2. The molecule has 0 radical (unpaired) electrons. The van der Waals surface area contributed by atoms with Crippen LogP contribution in [0, 0.1) is 0 Å². The van der Waals surface area contributed by atoms with Gasteiger partial charge in [-0.1, -0.05) is 6.07 Å². The third-order valence-electron chi connectivity index (χ3n) is 5.40. The average Bonchev–Trinajstić information content (AvgIpc) is 3.22. The Morgan fingerprint density at radius 2 is 1.89 bits per heavy atom. The van der Waals surface area contributed by atoms with Gasteiger partial charge in [-0.3, -0.25) is 14.7 Å². The van der Waals surface area contributed by atoms with Gasteiger partial charge < -0.3 is 14.4 Å². The molecule has 1 fully saturated rings. The van der Waals surface area contributed by atoms with Crippen LogP contribution in [0.4, 0.5) is 5.95 Å². The quantitative estimate of drug-likeness (QED) is 0.867. The van der Waals surface area contributed by atoms with Crippen LogP contribution < -0.4 is 19.9 Å². The third-order valence-corrected chi connectivity index (χ3v) is 5.40. The van der Waals surface area contributed by atoms with Crippen LogP contribution in [0.2, 0.25) is 0 Å². The van der Waals surface area contributed by atoms with E-state index in [-0.39, 0.29) is 5.56 Å². The van der Waals surface area contributed by atoms with Crippen LogP contribution in [0.5, 0.6) is 11.5 Å². The second-order valence-corrected chi connectivity index (χ2v) is 7.16. The fraction of sp³-hybridized carbons (Fsp3) is 0.500. The Balaban J connectivity index is 1.53. The number of hydrogen-bond donors (Lipinski definition) is 1. The molecule has 4 rings (SSSR count). The van der Waals surface area contributed by atoms with Crippen molar-refractivity contribution < 1.29 is 9.47 Å². The van der Waals surface area contributed by atoms with Crippen molar-refractivity contribution in [2.45, 2.75) is 32.4 Å². The lowest BCUT2D eigenvalue weighted by atomic mass is 10.1. The standard InChI is InChI=1S/C20H26N4O3/c1-26-17-6-5-14(11-18(17)27-2)12-23-10-7-15-16(13-23)21-20(22-19(15)25)24-8-3-4-9-24/h5-6,11H,3-4,7-10,12-13H2,1-2H3,(H,21,22,25). The number of nitrogens with zero attached hydrogens (tertiary/aromatic N) is 3. The molecule has 0 unspecified atom stereocenters. The first-order valence-corrected chi connectivity index (χ1v) is 9.48. The molecule has 1 saturated heterocycles. The van der Waals surface area contributed by atoms with Crippen molar-refractivity contribution in [3.05, 3.63) is 45.4 Å². The van der Waals surface area contributed by atoms with Crippen LogP contribution in [-0.2, 0) is 19.5 Å². The normalized spacial score (nSPS) is 17.0. The van der Waals surface area contributed by atoms with E-state index in [0.717, 1.165) is 79.7 Å². The summed E-state index contributed by atoms with van der Waals surface area (Å²) in [5.74, 6) is 2.19. The fourth-order valence-corrected chi connectivity index (χ4v) is 3.93. The van der Waals surface area contributed by atoms with Crippen LogP contribution in [0.25, 0.3) is 0 Å². The maximum Gasteiger partial charge on any atom is 0.255 e.